The molecule has 1 aliphatic carbocycles. The lowest BCUT2D eigenvalue weighted by atomic mass is 9.83. The minimum absolute atomic E-state index is 0.0124. The molecule has 3 aliphatic rings. The molecule has 190 valence electrons. The quantitative estimate of drug-likeness (QED) is 0.560. The molecule has 36 heavy (non-hydrogen) atoms. The van der Waals surface area contributed by atoms with Crippen molar-refractivity contribution < 1.29 is 19.5 Å². The Hall–Kier alpha value is -3.35. The molecule has 7 nitrogen and oxygen atoms in total. The molecule has 3 amide bonds. The van der Waals surface area contributed by atoms with E-state index < -0.39 is 11.5 Å². The summed E-state index contributed by atoms with van der Waals surface area (Å²) in [5, 5.41) is 9.15. The maximum absolute atomic E-state index is 13.8. The fraction of sp³-hybridized carbons (Fsp3) is 0.483. The average molecular weight is 490 g/mol. The molecular formula is C29H35N3O4. The lowest BCUT2D eigenvalue weighted by molar-refractivity contribution is -0.136. The van der Waals surface area contributed by atoms with Crippen LogP contribution in [-0.4, -0.2) is 64.5 Å². The number of carboxylic acids is 1. The molecule has 0 unspecified atom stereocenters. The number of hydrogen-bond acceptors (Lipinski definition) is 4. The van der Waals surface area contributed by atoms with Crippen LogP contribution in [0.15, 0.2) is 48.5 Å². The van der Waals surface area contributed by atoms with Crippen molar-refractivity contribution in [3.63, 3.8) is 0 Å². The van der Waals surface area contributed by atoms with Crippen molar-refractivity contribution in [2.75, 3.05) is 31.1 Å². The summed E-state index contributed by atoms with van der Waals surface area (Å²) in [6.07, 6.45) is 5.23. The number of piperidine rings is 1. The number of imide groups is 1. The molecular weight excluding hydrogens is 454 g/mol. The highest BCUT2D eigenvalue weighted by Gasteiger charge is 2.58. The van der Waals surface area contributed by atoms with E-state index in [9.17, 15) is 14.4 Å². The molecule has 1 saturated carbocycles. The van der Waals surface area contributed by atoms with Crippen LogP contribution in [0.5, 0.6) is 0 Å². The Balaban J connectivity index is 1.34. The van der Waals surface area contributed by atoms with Gasteiger partial charge in [0.05, 0.1) is 6.42 Å². The second kappa shape index (κ2) is 9.96. The van der Waals surface area contributed by atoms with Gasteiger partial charge >= 0.3 is 12.0 Å². The first-order valence-corrected chi connectivity index (χ1v) is 13.1. The van der Waals surface area contributed by atoms with E-state index in [-0.39, 0.29) is 18.4 Å². The normalized spacial score (nSPS) is 19.8. The van der Waals surface area contributed by atoms with E-state index in [4.69, 9.17) is 5.11 Å². The van der Waals surface area contributed by atoms with E-state index in [1.165, 1.54) is 17.5 Å². The van der Waals surface area contributed by atoms with Crippen LogP contribution in [0.2, 0.25) is 0 Å². The summed E-state index contributed by atoms with van der Waals surface area (Å²) >= 11 is 0. The van der Waals surface area contributed by atoms with Crippen LogP contribution < -0.4 is 4.90 Å². The number of amides is 3. The van der Waals surface area contributed by atoms with Crippen molar-refractivity contribution in [1.29, 1.82) is 0 Å². The molecule has 3 fully saturated rings. The number of rotatable bonds is 8. The van der Waals surface area contributed by atoms with Crippen LogP contribution in [0.25, 0.3) is 0 Å². The average Bonchev–Trinajstić information content (AvgIpc) is 3.02. The van der Waals surface area contributed by atoms with Gasteiger partial charge in [-0.25, -0.2) is 4.79 Å². The predicted octanol–water partition coefficient (Wildman–Crippen LogP) is 4.27. The zero-order valence-electron chi connectivity index (χ0n) is 21.0. The van der Waals surface area contributed by atoms with Gasteiger partial charge in [0.2, 0.25) is 0 Å². The molecule has 0 atom stereocenters. The van der Waals surface area contributed by atoms with E-state index in [2.05, 4.69) is 36.1 Å². The number of hydrogen-bond donors (Lipinski definition) is 1. The van der Waals surface area contributed by atoms with Gasteiger partial charge in [-0.1, -0.05) is 48.4 Å². The highest BCUT2D eigenvalue weighted by Crippen LogP contribution is 2.40. The van der Waals surface area contributed by atoms with Gasteiger partial charge in [-0.2, -0.15) is 0 Å². The molecule has 1 N–H and O–H groups in total. The van der Waals surface area contributed by atoms with Gasteiger partial charge in [-0.05, 0) is 68.2 Å². The molecule has 5 rings (SSSR count). The molecule has 0 radical (unpaired) electrons. The molecule has 2 saturated heterocycles. The Kier molecular flexibility index (Phi) is 6.73. The Morgan fingerprint density at radius 3 is 2.39 bits per heavy atom. The zero-order valence-corrected chi connectivity index (χ0v) is 21.0. The minimum Gasteiger partial charge on any atom is -0.481 e. The third-order valence-electron chi connectivity index (χ3n) is 8.25. The summed E-state index contributed by atoms with van der Waals surface area (Å²) in [4.78, 5) is 44.2. The smallest absolute Gasteiger partial charge is 0.327 e. The van der Waals surface area contributed by atoms with E-state index >= 15 is 0 Å². The summed E-state index contributed by atoms with van der Waals surface area (Å²) in [6, 6.07) is 15.9. The van der Waals surface area contributed by atoms with Crippen LogP contribution in [0.3, 0.4) is 0 Å². The van der Waals surface area contributed by atoms with Crippen molar-refractivity contribution in [3.8, 4) is 0 Å². The van der Waals surface area contributed by atoms with E-state index in [0.29, 0.717) is 44.9 Å². The molecule has 2 aromatic rings. The fourth-order valence-corrected chi connectivity index (χ4v) is 5.84. The molecule has 2 heterocycles. The Morgan fingerprint density at radius 2 is 1.75 bits per heavy atom. The van der Waals surface area contributed by atoms with Gasteiger partial charge < -0.3 is 14.9 Å². The number of benzene rings is 2. The molecule has 1 spiro atoms. The Morgan fingerprint density at radius 1 is 1.03 bits per heavy atom. The van der Waals surface area contributed by atoms with E-state index in [0.717, 1.165) is 30.5 Å². The van der Waals surface area contributed by atoms with Crippen LogP contribution in [0.1, 0.15) is 48.8 Å². The van der Waals surface area contributed by atoms with Crippen molar-refractivity contribution in [1.82, 2.24) is 9.80 Å². The standard InChI is InChI=1S/C29H35N3O4/c1-21-8-10-22(11-9-21)12-15-32-28(36)31(20-23-4-2-5-23)27(35)29(32)13-16-30(17-14-29)25-7-3-6-24(18-25)19-26(33)34/h3,6-11,18,23H,2,4-5,12-17,19-20H2,1H3,(H,33,34). The largest absolute Gasteiger partial charge is 0.481 e. The monoisotopic (exact) mass is 489 g/mol. The predicted molar refractivity (Wildman–Crippen MR) is 138 cm³/mol. The van der Waals surface area contributed by atoms with Crippen LogP contribution in [-0.2, 0) is 22.4 Å². The number of carbonyl (C=O) groups is 3. The summed E-state index contributed by atoms with van der Waals surface area (Å²) in [5.74, 6) is -0.442. The molecule has 0 aromatic heterocycles. The summed E-state index contributed by atoms with van der Waals surface area (Å²) < 4.78 is 0. The lowest BCUT2D eigenvalue weighted by Crippen LogP contribution is -2.57. The van der Waals surface area contributed by atoms with Crippen molar-refractivity contribution in [2.45, 2.75) is 57.4 Å². The SMILES string of the molecule is Cc1ccc(CCN2C(=O)N(CC3CCC3)C(=O)C23CCN(c2cccc(CC(=O)O)c2)CC3)cc1. The van der Waals surface area contributed by atoms with Gasteiger partial charge in [0.15, 0.2) is 0 Å². The van der Waals surface area contributed by atoms with Crippen LogP contribution in [0, 0.1) is 12.8 Å². The van der Waals surface area contributed by atoms with Crippen LogP contribution in [0.4, 0.5) is 10.5 Å². The topological polar surface area (TPSA) is 81.2 Å². The molecule has 0 bridgehead atoms. The summed E-state index contributed by atoms with van der Waals surface area (Å²) in [7, 11) is 0. The Labute approximate surface area is 212 Å². The molecule has 7 heteroatoms. The highest BCUT2D eigenvalue weighted by atomic mass is 16.4. The number of carbonyl (C=O) groups excluding carboxylic acids is 2. The maximum Gasteiger partial charge on any atom is 0.327 e. The first-order valence-electron chi connectivity index (χ1n) is 13.1. The van der Waals surface area contributed by atoms with Crippen molar-refractivity contribution in [3.05, 3.63) is 65.2 Å². The maximum atomic E-state index is 13.8. The number of aliphatic carboxylic acids is 1. The second-order valence-electron chi connectivity index (χ2n) is 10.6. The number of anilines is 1. The van der Waals surface area contributed by atoms with Crippen molar-refractivity contribution >= 4 is 23.6 Å². The first-order chi connectivity index (χ1) is 17.4. The number of aryl methyl sites for hydroxylation is 1. The third-order valence-corrected chi connectivity index (χ3v) is 8.25. The molecule has 2 aliphatic heterocycles. The van der Waals surface area contributed by atoms with E-state index in [1.807, 2.05) is 29.2 Å². The zero-order chi connectivity index (χ0) is 25.3. The molecule has 2 aromatic carbocycles. The third kappa shape index (κ3) is 4.71. The van der Waals surface area contributed by atoms with Gasteiger partial charge in [-0.15, -0.1) is 0 Å². The van der Waals surface area contributed by atoms with Gasteiger partial charge in [-0.3, -0.25) is 14.5 Å². The highest BCUT2D eigenvalue weighted by molar-refractivity contribution is 6.07. The number of carboxylic acid groups (broad SMARTS) is 1. The van der Waals surface area contributed by atoms with Crippen LogP contribution >= 0.6 is 0 Å². The summed E-state index contributed by atoms with van der Waals surface area (Å²) in [5.41, 5.74) is 3.31. The minimum atomic E-state index is -0.851. The first kappa shape index (κ1) is 24.3. The van der Waals surface area contributed by atoms with Gasteiger partial charge in [0.25, 0.3) is 5.91 Å². The van der Waals surface area contributed by atoms with Gasteiger partial charge in [0.1, 0.15) is 5.54 Å². The summed E-state index contributed by atoms with van der Waals surface area (Å²) in [6.45, 7) is 4.43. The van der Waals surface area contributed by atoms with Gasteiger partial charge in [0, 0.05) is 31.9 Å². The Bertz CT molecular complexity index is 1130. The lowest BCUT2D eigenvalue weighted by Gasteiger charge is -2.43. The number of urea groups is 1. The van der Waals surface area contributed by atoms with Crippen molar-refractivity contribution in [2.24, 2.45) is 5.92 Å². The second-order valence-corrected chi connectivity index (χ2v) is 10.6. The fourth-order valence-electron chi connectivity index (χ4n) is 5.84. The van der Waals surface area contributed by atoms with E-state index in [1.54, 1.807) is 4.90 Å². The number of nitrogens with zero attached hydrogens (tertiary/aromatic N) is 3.